The van der Waals surface area contributed by atoms with Crippen molar-refractivity contribution >= 4 is 15.9 Å². The van der Waals surface area contributed by atoms with Crippen molar-refractivity contribution < 1.29 is 30.8 Å². The Balaban J connectivity index is 1.65. The molecule has 10 heteroatoms. The molecule has 156 valence electrons. The molecule has 29 heavy (non-hydrogen) atoms. The van der Waals surface area contributed by atoms with Crippen molar-refractivity contribution in [2.75, 3.05) is 13.1 Å². The van der Waals surface area contributed by atoms with Gasteiger partial charge in [0.1, 0.15) is 5.82 Å². The van der Waals surface area contributed by atoms with E-state index >= 15 is 0 Å². The van der Waals surface area contributed by atoms with Gasteiger partial charge in [-0.05, 0) is 43.2 Å². The zero-order chi connectivity index (χ0) is 21.2. The molecule has 0 unspecified atom stereocenters. The Hall–Kier alpha value is -2.46. The first-order chi connectivity index (χ1) is 13.6. The van der Waals surface area contributed by atoms with E-state index in [2.05, 4.69) is 4.72 Å². The van der Waals surface area contributed by atoms with Crippen LogP contribution in [0, 0.1) is 5.82 Å². The molecule has 2 aromatic rings. The maximum Gasteiger partial charge on any atom is 0.419 e. The normalized spacial score (nSPS) is 16.1. The molecule has 1 aliphatic heterocycles. The molecule has 0 atom stereocenters. The van der Waals surface area contributed by atoms with Gasteiger partial charge in [0.15, 0.2) is 0 Å². The van der Waals surface area contributed by atoms with Crippen LogP contribution in [0.4, 0.5) is 17.6 Å². The Labute approximate surface area is 165 Å². The van der Waals surface area contributed by atoms with Crippen LogP contribution in [-0.2, 0) is 16.2 Å². The summed E-state index contributed by atoms with van der Waals surface area (Å²) >= 11 is 0. The molecule has 1 amide bonds. The fourth-order valence-electron chi connectivity index (χ4n) is 3.15. The fourth-order valence-corrected chi connectivity index (χ4v) is 4.47. The predicted octanol–water partition coefficient (Wildman–Crippen LogP) is 3.43. The number of nitrogens with one attached hydrogen (secondary N) is 1. The first kappa shape index (κ1) is 21.3. The number of hydrogen-bond acceptors (Lipinski definition) is 3. The molecular formula is C19H18F4N2O3S. The van der Waals surface area contributed by atoms with Crippen molar-refractivity contribution in [1.82, 2.24) is 9.62 Å². The fraction of sp³-hybridized carbons (Fsp3) is 0.316. The van der Waals surface area contributed by atoms with Gasteiger partial charge >= 0.3 is 6.18 Å². The second-order valence-corrected chi connectivity index (χ2v) is 8.41. The van der Waals surface area contributed by atoms with Crippen LogP contribution in [0.5, 0.6) is 0 Å². The summed E-state index contributed by atoms with van der Waals surface area (Å²) in [4.78, 5) is 14.0. The van der Waals surface area contributed by atoms with Gasteiger partial charge in [-0.15, -0.1) is 0 Å². The highest BCUT2D eigenvalue weighted by atomic mass is 32.2. The van der Waals surface area contributed by atoms with Crippen LogP contribution in [0.1, 0.15) is 28.8 Å². The van der Waals surface area contributed by atoms with Gasteiger partial charge in [0.25, 0.3) is 5.91 Å². The topological polar surface area (TPSA) is 66.5 Å². The van der Waals surface area contributed by atoms with E-state index < -0.39 is 39.5 Å². The standard InChI is InChI=1S/C19H18F4N2O3S/c20-17-7-6-13(12-16(17)19(21,22)23)18(26)25-10-8-14(9-11-25)24-29(27,28)15-4-2-1-3-5-15/h1-7,12,14,24H,8-11H2. The molecule has 1 fully saturated rings. The number of piperidine rings is 1. The summed E-state index contributed by atoms with van der Waals surface area (Å²) in [6, 6.07) is 9.57. The molecule has 1 saturated heterocycles. The second-order valence-electron chi connectivity index (χ2n) is 6.69. The Kier molecular flexibility index (Phi) is 5.95. The SMILES string of the molecule is O=C(c1ccc(F)c(C(F)(F)F)c1)N1CCC(NS(=O)(=O)c2ccccc2)CC1. The number of likely N-dealkylation sites (tertiary alicyclic amines) is 1. The Morgan fingerprint density at radius 3 is 2.24 bits per heavy atom. The summed E-state index contributed by atoms with van der Waals surface area (Å²) < 4.78 is 79.3. The molecule has 0 aromatic heterocycles. The second kappa shape index (κ2) is 8.11. The number of amides is 1. The number of rotatable bonds is 4. The molecule has 1 N–H and O–H groups in total. The maximum atomic E-state index is 13.4. The number of alkyl halides is 3. The van der Waals surface area contributed by atoms with E-state index in [0.717, 1.165) is 6.07 Å². The third kappa shape index (κ3) is 4.94. The van der Waals surface area contributed by atoms with Gasteiger partial charge in [-0.1, -0.05) is 18.2 Å². The quantitative estimate of drug-likeness (QED) is 0.756. The van der Waals surface area contributed by atoms with Crippen LogP contribution in [-0.4, -0.2) is 38.4 Å². The summed E-state index contributed by atoms with van der Waals surface area (Å²) in [6.45, 7) is 0.332. The van der Waals surface area contributed by atoms with E-state index in [1.165, 1.54) is 17.0 Å². The van der Waals surface area contributed by atoms with Gasteiger partial charge in [-0.3, -0.25) is 4.79 Å². The monoisotopic (exact) mass is 430 g/mol. The minimum absolute atomic E-state index is 0.129. The molecule has 2 aromatic carbocycles. The summed E-state index contributed by atoms with van der Waals surface area (Å²) in [6.07, 6.45) is -4.28. The minimum atomic E-state index is -4.90. The minimum Gasteiger partial charge on any atom is -0.339 e. The van der Waals surface area contributed by atoms with Crippen molar-refractivity contribution in [2.24, 2.45) is 0 Å². The highest BCUT2D eigenvalue weighted by Crippen LogP contribution is 2.32. The molecule has 5 nitrogen and oxygen atoms in total. The van der Waals surface area contributed by atoms with Crippen molar-refractivity contribution in [2.45, 2.75) is 30.0 Å². The van der Waals surface area contributed by atoms with Gasteiger partial charge in [-0.2, -0.15) is 13.2 Å². The predicted molar refractivity (Wildman–Crippen MR) is 97.1 cm³/mol. The lowest BCUT2D eigenvalue weighted by Crippen LogP contribution is -2.46. The average Bonchev–Trinajstić information content (AvgIpc) is 2.68. The van der Waals surface area contributed by atoms with Crippen LogP contribution < -0.4 is 4.72 Å². The van der Waals surface area contributed by atoms with Crippen LogP contribution in [0.15, 0.2) is 53.4 Å². The zero-order valence-corrected chi connectivity index (χ0v) is 15.9. The first-order valence-electron chi connectivity index (χ1n) is 8.81. The van der Waals surface area contributed by atoms with Crippen LogP contribution in [0.2, 0.25) is 0 Å². The molecule has 1 heterocycles. The number of halogens is 4. The van der Waals surface area contributed by atoms with Gasteiger partial charge < -0.3 is 4.90 Å². The molecule has 0 spiro atoms. The van der Waals surface area contributed by atoms with Crippen LogP contribution >= 0.6 is 0 Å². The summed E-state index contributed by atoms with van der Waals surface area (Å²) in [5, 5.41) is 0. The molecule has 0 radical (unpaired) electrons. The van der Waals surface area contributed by atoms with E-state index in [4.69, 9.17) is 0 Å². The molecule has 0 bridgehead atoms. The van der Waals surface area contributed by atoms with E-state index in [1.807, 2.05) is 0 Å². The van der Waals surface area contributed by atoms with Gasteiger partial charge in [-0.25, -0.2) is 17.5 Å². The molecule has 0 saturated carbocycles. The van der Waals surface area contributed by atoms with Gasteiger partial charge in [0.2, 0.25) is 10.0 Å². The number of sulfonamides is 1. The Morgan fingerprint density at radius 2 is 1.66 bits per heavy atom. The Morgan fingerprint density at radius 1 is 1.03 bits per heavy atom. The van der Waals surface area contributed by atoms with Gasteiger partial charge in [0, 0.05) is 24.7 Å². The lowest BCUT2D eigenvalue weighted by molar-refractivity contribution is -0.140. The first-order valence-corrected chi connectivity index (χ1v) is 10.3. The van der Waals surface area contributed by atoms with E-state index in [1.54, 1.807) is 18.2 Å². The van der Waals surface area contributed by atoms with Crippen molar-refractivity contribution in [3.63, 3.8) is 0 Å². The largest absolute Gasteiger partial charge is 0.419 e. The van der Waals surface area contributed by atoms with Gasteiger partial charge in [0.05, 0.1) is 10.5 Å². The zero-order valence-electron chi connectivity index (χ0n) is 15.1. The Bertz CT molecular complexity index is 986. The summed E-state index contributed by atoms with van der Waals surface area (Å²) in [7, 11) is -3.70. The highest BCUT2D eigenvalue weighted by Gasteiger charge is 2.35. The summed E-state index contributed by atoms with van der Waals surface area (Å²) in [5.74, 6) is -2.09. The number of carbonyl (C=O) groups excluding carboxylic acids is 1. The average molecular weight is 430 g/mol. The lowest BCUT2D eigenvalue weighted by atomic mass is 10.0. The molecular weight excluding hydrogens is 412 g/mol. The third-order valence-electron chi connectivity index (χ3n) is 4.68. The number of benzene rings is 2. The number of carbonyl (C=O) groups is 1. The molecule has 1 aliphatic rings. The maximum absolute atomic E-state index is 13.4. The van der Waals surface area contributed by atoms with Crippen molar-refractivity contribution in [3.05, 3.63) is 65.5 Å². The number of hydrogen-bond donors (Lipinski definition) is 1. The van der Waals surface area contributed by atoms with Crippen molar-refractivity contribution in [1.29, 1.82) is 0 Å². The van der Waals surface area contributed by atoms with Crippen LogP contribution in [0.25, 0.3) is 0 Å². The van der Waals surface area contributed by atoms with E-state index in [-0.39, 0.29) is 23.5 Å². The van der Waals surface area contributed by atoms with Crippen LogP contribution in [0.3, 0.4) is 0 Å². The van der Waals surface area contributed by atoms with E-state index in [0.29, 0.717) is 25.0 Å². The third-order valence-corrected chi connectivity index (χ3v) is 6.21. The summed E-state index contributed by atoms with van der Waals surface area (Å²) in [5.41, 5.74) is -1.75. The molecule has 3 rings (SSSR count). The van der Waals surface area contributed by atoms with E-state index in [9.17, 15) is 30.8 Å². The number of nitrogens with zero attached hydrogens (tertiary/aromatic N) is 1. The molecule has 0 aliphatic carbocycles. The lowest BCUT2D eigenvalue weighted by Gasteiger charge is -2.32. The van der Waals surface area contributed by atoms with Crippen molar-refractivity contribution in [3.8, 4) is 0 Å². The smallest absolute Gasteiger partial charge is 0.339 e. The highest BCUT2D eigenvalue weighted by molar-refractivity contribution is 7.89.